The van der Waals surface area contributed by atoms with E-state index in [0.29, 0.717) is 28.2 Å². The molecule has 1 aliphatic rings. The second-order valence-electron chi connectivity index (χ2n) is 9.40. The molecule has 8 nitrogen and oxygen atoms in total. The summed E-state index contributed by atoms with van der Waals surface area (Å²) >= 11 is 1.57. The molecular weight excluding hydrogens is 440 g/mol. The average Bonchev–Trinajstić information content (AvgIpc) is 3.43. The molecule has 0 aliphatic heterocycles. The molecule has 1 aromatic carbocycles. The van der Waals surface area contributed by atoms with Crippen LogP contribution < -0.4 is 10.1 Å². The van der Waals surface area contributed by atoms with E-state index in [0.717, 1.165) is 30.6 Å². The lowest BCUT2D eigenvalue weighted by atomic mass is 9.88. The van der Waals surface area contributed by atoms with Crippen molar-refractivity contribution in [3.05, 3.63) is 35.2 Å². The summed E-state index contributed by atoms with van der Waals surface area (Å²) < 4.78 is 5.47. The van der Waals surface area contributed by atoms with Gasteiger partial charge in [0.25, 0.3) is 5.91 Å². The second-order valence-corrected chi connectivity index (χ2v) is 10.4. The topological polar surface area (TPSA) is 108 Å². The number of hydrogen-bond donors (Lipinski definition) is 3. The van der Waals surface area contributed by atoms with Gasteiger partial charge in [-0.05, 0) is 70.0 Å². The molecule has 9 heteroatoms. The number of aromatic nitrogens is 2. The Kier molecular flexibility index (Phi) is 6.34. The van der Waals surface area contributed by atoms with Gasteiger partial charge in [0.2, 0.25) is 0 Å². The van der Waals surface area contributed by atoms with Gasteiger partial charge in [-0.15, -0.1) is 11.3 Å². The Morgan fingerprint density at radius 3 is 2.52 bits per heavy atom. The summed E-state index contributed by atoms with van der Waals surface area (Å²) in [6, 6.07) is 7.41. The number of carboxylic acid groups (broad SMARTS) is 1. The van der Waals surface area contributed by atoms with Gasteiger partial charge in [0, 0.05) is 17.6 Å². The molecule has 0 radical (unpaired) electrons. The minimum atomic E-state index is -0.893. The first-order valence-electron chi connectivity index (χ1n) is 11.1. The van der Waals surface area contributed by atoms with E-state index in [-0.39, 0.29) is 18.0 Å². The number of imidazole rings is 1. The number of H-pyrrole nitrogens is 1. The molecule has 0 saturated heterocycles. The first kappa shape index (κ1) is 23.1. The van der Waals surface area contributed by atoms with Crippen LogP contribution in [-0.2, 0) is 0 Å². The van der Waals surface area contributed by atoms with Crippen molar-refractivity contribution >= 4 is 34.4 Å². The van der Waals surface area contributed by atoms with Crippen molar-refractivity contribution in [1.82, 2.24) is 20.2 Å². The first-order chi connectivity index (χ1) is 15.7. The number of fused-ring (bicyclic) bond motifs is 1. The molecule has 1 fully saturated rings. The van der Waals surface area contributed by atoms with Gasteiger partial charge >= 0.3 is 6.09 Å². The van der Waals surface area contributed by atoms with E-state index < -0.39 is 11.6 Å². The number of benzene rings is 1. The lowest BCUT2D eigenvalue weighted by Crippen LogP contribution is -2.53. The third-order valence-corrected chi connectivity index (χ3v) is 7.03. The Morgan fingerprint density at radius 1 is 1.21 bits per heavy atom. The van der Waals surface area contributed by atoms with Crippen LogP contribution in [0.3, 0.4) is 0 Å². The molecule has 0 unspecified atom stereocenters. The molecular formula is C24H30N4O4S. The molecule has 2 amide bonds. The van der Waals surface area contributed by atoms with Gasteiger partial charge in [0.05, 0.1) is 17.6 Å². The van der Waals surface area contributed by atoms with E-state index >= 15 is 0 Å². The number of carbonyl (C=O) groups is 2. The molecule has 4 rings (SSSR count). The summed E-state index contributed by atoms with van der Waals surface area (Å²) in [4.78, 5) is 35.5. The van der Waals surface area contributed by atoms with E-state index in [4.69, 9.17) is 9.72 Å². The zero-order valence-corrected chi connectivity index (χ0v) is 20.2. The van der Waals surface area contributed by atoms with Crippen LogP contribution in [0, 0.1) is 0 Å². The van der Waals surface area contributed by atoms with Crippen molar-refractivity contribution in [3.8, 4) is 16.5 Å². The lowest BCUT2D eigenvalue weighted by molar-refractivity contribution is 0.0520. The van der Waals surface area contributed by atoms with Crippen LogP contribution in [0.15, 0.2) is 29.6 Å². The molecule has 176 valence electrons. The van der Waals surface area contributed by atoms with E-state index in [1.165, 1.54) is 0 Å². The number of methoxy groups -OCH3 is 1. The molecule has 2 aromatic heterocycles. The number of carbonyl (C=O) groups excluding carboxylic acids is 1. The van der Waals surface area contributed by atoms with Gasteiger partial charge in [-0.2, -0.15) is 0 Å². The normalized spacial score (nSPS) is 18.8. The maximum absolute atomic E-state index is 13.2. The summed E-state index contributed by atoms with van der Waals surface area (Å²) in [5.74, 6) is 1.16. The van der Waals surface area contributed by atoms with Crippen LogP contribution >= 0.6 is 11.3 Å². The van der Waals surface area contributed by atoms with Gasteiger partial charge in [-0.25, -0.2) is 9.78 Å². The minimum Gasteiger partial charge on any atom is -0.494 e. The third-order valence-electron chi connectivity index (χ3n) is 6.15. The predicted molar refractivity (Wildman–Crippen MR) is 129 cm³/mol. The fraction of sp³-hybridized carbons (Fsp3) is 0.458. The molecule has 2 heterocycles. The van der Waals surface area contributed by atoms with E-state index in [1.807, 2.05) is 38.3 Å². The number of thiophene rings is 1. The Labute approximate surface area is 197 Å². The molecule has 3 aromatic rings. The molecule has 0 atom stereocenters. The number of amides is 2. The van der Waals surface area contributed by atoms with Gasteiger partial charge in [-0.1, -0.05) is 6.07 Å². The highest BCUT2D eigenvalue weighted by Crippen LogP contribution is 2.32. The molecule has 1 aliphatic carbocycles. The summed E-state index contributed by atoms with van der Waals surface area (Å²) in [6.07, 6.45) is 2.01. The number of hydrogen-bond acceptors (Lipinski definition) is 5. The van der Waals surface area contributed by atoms with Crippen LogP contribution in [0.4, 0.5) is 4.79 Å². The zero-order valence-electron chi connectivity index (χ0n) is 19.3. The highest BCUT2D eigenvalue weighted by atomic mass is 32.1. The van der Waals surface area contributed by atoms with Crippen molar-refractivity contribution in [3.63, 3.8) is 0 Å². The monoisotopic (exact) mass is 470 g/mol. The van der Waals surface area contributed by atoms with Crippen molar-refractivity contribution in [2.45, 2.75) is 64.1 Å². The molecule has 0 spiro atoms. The van der Waals surface area contributed by atoms with Gasteiger partial charge in [0.1, 0.15) is 22.6 Å². The smallest absolute Gasteiger partial charge is 0.407 e. The fourth-order valence-corrected chi connectivity index (χ4v) is 5.35. The van der Waals surface area contributed by atoms with E-state index in [2.05, 4.69) is 10.3 Å². The van der Waals surface area contributed by atoms with E-state index in [1.54, 1.807) is 35.5 Å². The van der Waals surface area contributed by atoms with Crippen LogP contribution in [-0.4, -0.2) is 56.7 Å². The SMILES string of the molecule is COc1ccc(C(=O)NC2CCC(N(C(=O)O)C(C)(C)C)CC2)c2nc(-c3cccs3)[nH]c12. The van der Waals surface area contributed by atoms with Crippen molar-refractivity contribution in [1.29, 1.82) is 0 Å². The summed E-state index contributed by atoms with van der Waals surface area (Å²) in [6.45, 7) is 5.74. The number of nitrogens with one attached hydrogen (secondary N) is 2. The minimum absolute atomic E-state index is 0.00257. The molecule has 33 heavy (non-hydrogen) atoms. The zero-order chi connectivity index (χ0) is 23.8. The largest absolute Gasteiger partial charge is 0.494 e. The maximum Gasteiger partial charge on any atom is 0.407 e. The quantitative estimate of drug-likeness (QED) is 0.480. The standard InChI is InChI=1S/C24H30N4O4S/c1-24(2,3)28(23(30)31)15-9-7-14(8-10-15)25-22(29)16-11-12-17(32-4)20-19(16)26-21(27-20)18-6-5-13-33-18/h5-6,11-15H,7-10H2,1-4H3,(H,25,29)(H,26,27)(H,30,31). The van der Waals surface area contributed by atoms with E-state index in [9.17, 15) is 14.7 Å². The lowest BCUT2D eigenvalue weighted by Gasteiger charge is -2.42. The van der Waals surface area contributed by atoms with Crippen molar-refractivity contribution < 1.29 is 19.4 Å². The number of aromatic amines is 1. The predicted octanol–water partition coefficient (Wildman–Crippen LogP) is 5.12. The highest BCUT2D eigenvalue weighted by molar-refractivity contribution is 7.13. The summed E-state index contributed by atoms with van der Waals surface area (Å²) in [5.41, 5.74) is 1.31. The van der Waals surface area contributed by atoms with Crippen molar-refractivity contribution in [2.75, 3.05) is 7.11 Å². The average molecular weight is 471 g/mol. The Hall–Kier alpha value is -3.07. The summed E-state index contributed by atoms with van der Waals surface area (Å²) in [7, 11) is 1.59. The second kappa shape index (κ2) is 9.05. The van der Waals surface area contributed by atoms with Gasteiger partial charge < -0.3 is 25.0 Å². The van der Waals surface area contributed by atoms with Crippen LogP contribution in [0.5, 0.6) is 5.75 Å². The highest BCUT2D eigenvalue weighted by Gasteiger charge is 2.36. The van der Waals surface area contributed by atoms with Crippen molar-refractivity contribution in [2.24, 2.45) is 0 Å². The van der Waals surface area contributed by atoms with Crippen LogP contribution in [0.25, 0.3) is 21.7 Å². The molecule has 3 N–H and O–H groups in total. The number of ether oxygens (including phenoxy) is 1. The molecule has 0 bridgehead atoms. The Bertz CT molecular complexity index is 1140. The van der Waals surface area contributed by atoms with Crippen LogP contribution in [0.1, 0.15) is 56.8 Å². The van der Waals surface area contributed by atoms with Gasteiger partial charge in [0.15, 0.2) is 0 Å². The van der Waals surface area contributed by atoms with Gasteiger partial charge in [-0.3, -0.25) is 4.79 Å². The Balaban J connectivity index is 1.50. The Morgan fingerprint density at radius 2 is 1.94 bits per heavy atom. The first-order valence-corrected chi connectivity index (χ1v) is 12.0. The van der Waals surface area contributed by atoms with Crippen LogP contribution in [0.2, 0.25) is 0 Å². The number of nitrogens with zero attached hydrogens (tertiary/aromatic N) is 2. The summed E-state index contributed by atoms with van der Waals surface area (Å²) in [5, 5.41) is 14.8. The number of rotatable bonds is 5. The maximum atomic E-state index is 13.2. The fourth-order valence-electron chi connectivity index (χ4n) is 4.68. The third kappa shape index (κ3) is 4.68. The molecule has 1 saturated carbocycles.